The van der Waals surface area contributed by atoms with Crippen LogP contribution in [0, 0.1) is 6.92 Å². The molecule has 7 heteroatoms. The van der Waals surface area contributed by atoms with Gasteiger partial charge in [0, 0.05) is 26.0 Å². The second-order valence-electron chi connectivity index (χ2n) is 6.41. The maximum absolute atomic E-state index is 12.2. The molecule has 1 heterocycles. The lowest BCUT2D eigenvalue weighted by molar-refractivity contribution is 0.521. The van der Waals surface area contributed by atoms with Crippen molar-refractivity contribution in [2.24, 2.45) is 4.99 Å². The number of hydrogen-bond donors (Lipinski definition) is 0. The summed E-state index contributed by atoms with van der Waals surface area (Å²) in [5, 5.41) is 2.06. The predicted molar refractivity (Wildman–Crippen MR) is 111 cm³/mol. The Hall–Kier alpha value is -2.22. The van der Waals surface area contributed by atoms with Crippen molar-refractivity contribution in [1.82, 2.24) is 8.87 Å². The number of hydrogen-bond acceptors (Lipinski definition) is 4. The van der Waals surface area contributed by atoms with Crippen molar-refractivity contribution >= 4 is 27.0 Å². The van der Waals surface area contributed by atoms with E-state index in [1.165, 1.54) is 24.0 Å². The molecule has 0 atom stereocenters. The number of nitrogens with zero attached hydrogens (tertiary/aromatic N) is 3. The Labute approximate surface area is 164 Å². The molecule has 0 aliphatic heterocycles. The van der Waals surface area contributed by atoms with Gasteiger partial charge in [-0.15, -0.1) is 11.3 Å². The van der Waals surface area contributed by atoms with Gasteiger partial charge >= 0.3 is 0 Å². The van der Waals surface area contributed by atoms with Gasteiger partial charge < -0.3 is 4.57 Å². The lowest BCUT2D eigenvalue weighted by atomic mass is 10.2. The fourth-order valence-corrected chi connectivity index (χ4v) is 4.59. The molecule has 0 fully saturated rings. The Balaban J connectivity index is 2.01. The number of benzene rings is 2. The van der Waals surface area contributed by atoms with Crippen molar-refractivity contribution in [2.75, 3.05) is 14.1 Å². The summed E-state index contributed by atoms with van der Waals surface area (Å²) in [7, 11) is -0.352. The molecule has 0 spiro atoms. The van der Waals surface area contributed by atoms with E-state index in [1.54, 1.807) is 23.5 Å². The van der Waals surface area contributed by atoms with Gasteiger partial charge in [0.05, 0.1) is 16.3 Å². The number of rotatable bonds is 5. The molecular weight excluding hydrogens is 378 g/mol. The van der Waals surface area contributed by atoms with Crippen LogP contribution < -0.4 is 4.80 Å². The van der Waals surface area contributed by atoms with E-state index in [9.17, 15) is 8.42 Å². The van der Waals surface area contributed by atoms with Crippen LogP contribution in [0.15, 0.2) is 63.8 Å². The minimum absolute atomic E-state index is 0.291. The Bertz CT molecular complexity index is 1090. The van der Waals surface area contributed by atoms with Crippen molar-refractivity contribution in [2.45, 2.75) is 25.3 Å². The minimum atomic E-state index is -3.42. The van der Waals surface area contributed by atoms with Gasteiger partial charge in [0.1, 0.15) is 0 Å². The van der Waals surface area contributed by atoms with Gasteiger partial charge in [-0.25, -0.2) is 17.7 Å². The summed E-state index contributed by atoms with van der Waals surface area (Å²) in [6.45, 7) is 4.91. The summed E-state index contributed by atoms with van der Waals surface area (Å²) in [5.74, 6) is 0. The topological polar surface area (TPSA) is 54.7 Å². The summed E-state index contributed by atoms with van der Waals surface area (Å²) in [6.07, 6.45) is 0. The number of aryl methyl sites for hydroxylation is 1. The van der Waals surface area contributed by atoms with E-state index in [0.29, 0.717) is 4.90 Å². The van der Waals surface area contributed by atoms with Crippen LogP contribution in [0.4, 0.5) is 5.69 Å². The van der Waals surface area contributed by atoms with Crippen LogP contribution in [0.25, 0.3) is 11.3 Å². The lowest BCUT2D eigenvalue weighted by Gasteiger charge is -2.12. The first-order chi connectivity index (χ1) is 12.8. The average Bonchev–Trinajstić information content (AvgIpc) is 3.06. The molecule has 0 amide bonds. The van der Waals surface area contributed by atoms with E-state index in [1.807, 2.05) is 36.4 Å². The van der Waals surface area contributed by atoms with Crippen LogP contribution in [-0.2, 0) is 16.6 Å². The Kier molecular flexibility index (Phi) is 5.64. The Morgan fingerprint density at radius 3 is 2.22 bits per heavy atom. The van der Waals surface area contributed by atoms with Crippen LogP contribution in [0.2, 0.25) is 0 Å². The monoisotopic (exact) mass is 401 g/mol. The molecule has 3 aromatic rings. The van der Waals surface area contributed by atoms with Gasteiger partial charge in [-0.1, -0.05) is 29.8 Å². The first-order valence-electron chi connectivity index (χ1n) is 8.65. The molecule has 3 rings (SSSR count). The third kappa shape index (κ3) is 4.05. The SMILES string of the molecule is CCn1c(-c2ccc(S(=O)(=O)N(C)C)cc2)csc1=Nc1ccc(C)cc1. The number of aromatic nitrogens is 1. The first-order valence-corrected chi connectivity index (χ1v) is 11.0. The molecular formula is C20H23N3O2S2. The van der Waals surface area contributed by atoms with Crippen molar-refractivity contribution in [3.05, 3.63) is 64.3 Å². The van der Waals surface area contributed by atoms with E-state index in [4.69, 9.17) is 4.99 Å². The van der Waals surface area contributed by atoms with Gasteiger partial charge in [-0.05, 0) is 43.7 Å². The molecule has 1 aromatic heterocycles. The zero-order valence-corrected chi connectivity index (χ0v) is 17.5. The molecule has 5 nitrogen and oxygen atoms in total. The largest absolute Gasteiger partial charge is 0.317 e. The first kappa shape index (κ1) is 19.5. The zero-order chi connectivity index (χ0) is 19.6. The van der Waals surface area contributed by atoms with Gasteiger partial charge in [0.15, 0.2) is 4.80 Å². The summed E-state index contributed by atoms with van der Waals surface area (Å²) in [5.41, 5.74) is 4.12. The highest BCUT2D eigenvalue weighted by atomic mass is 32.2. The molecule has 0 unspecified atom stereocenters. The average molecular weight is 402 g/mol. The van der Waals surface area contributed by atoms with Gasteiger partial charge in [0.25, 0.3) is 0 Å². The van der Waals surface area contributed by atoms with Crippen LogP contribution in [0.1, 0.15) is 12.5 Å². The second-order valence-corrected chi connectivity index (χ2v) is 9.40. The summed E-state index contributed by atoms with van der Waals surface area (Å²) >= 11 is 1.58. The lowest BCUT2D eigenvalue weighted by Crippen LogP contribution is -2.22. The molecule has 0 bridgehead atoms. The molecule has 0 radical (unpaired) electrons. The highest BCUT2D eigenvalue weighted by molar-refractivity contribution is 7.89. The fraction of sp³-hybridized carbons (Fsp3) is 0.250. The van der Waals surface area contributed by atoms with E-state index in [0.717, 1.165) is 28.3 Å². The normalized spacial score (nSPS) is 12.7. The summed E-state index contributed by atoms with van der Waals surface area (Å²) < 4.78 is 27.8. The maximum Gasteiger partial charge on any atom is 0.242 e. The van der Waals surface area contributed by atoms with E-state index in [-0.39, 0.29) is 0 Å². The fourth-order valence-electron chi connectivity index (χ4n) is 2.69. The van der Waals surface area contributed by atoms with E-state index in [2.05, 4.69) is 23.8 Å². The second kappa shape index (κ2) is 7.80. The molecule has 142 valence electrons. The van der Waals surface area contributed by atoms with Gasteiger partial charge in [-0.3, -0.25) is 0 Å². The standard InChI is InChI=1S/C20H23N3O2S2/c1-5-23-19(14-26-20(23)21-17-10-6-15(2)7-11-17)16-8-12-18(13-9-16)27(24,25)22(3)4/h6-14H,5H2,1-4H3. The molecule has 0 N–H and O–H groups in total. The molecule has 0 aliphatic rings. The summed E-state index contributed by atoms with van der Waals surface area (Å²) in [4.78, 5) is 5.97. The highest BCUT2D eigenvalue weighted by Gasteiger charge is 2.17. The highest BCUT2D eigenvalue weighted by Crippen LogP contribution is 2.23. The summed E-state index contributed by atoms with van der Waals surface area (Å²) in [6, 6.07) is 15.1. The Morgan fingerprint density at radius 1 is 1.04 bits per heavy atom. The van der Waals surface area contributed by atoms with E-state index >= 15 is 0 Å². The zero-order valence-electron chi connectivity index (χ0n) is 15.9. The third-order valence-corrected chi connectivity index (χ3v) is 6.99. The molecule has 0 saturated heterocycles. The molecule has 0 saturated carbocycles. The third-order valence-electron chi connectivity index (χ3n) is 4.30. The van der Waals surface area contributed by atoms with Crippen molar-refractivity contribution in [3.63, 3.8) is 0 Å². The molecule has 27 heavy (non-hydrogen) atoms. The van der Waals surface area contributed by atoms with Gasteiger partial charge in [-0.2, -0.15) is 0 Å². The van der Waals surface area contributed by atoms with Crippen molar-refractivity contribution in [1.29, 1.82) is 0 Å². The number of sulfonamides is 1. The van der Waals surface area contributed by atoms with Crippen LogP contribution in [0.3, 0.4) is 0 Å². The Morgan fingerprint density at radius 2 is 1.67 bits per heavy atom. The van der Waals surface area contributed by atoms with Crippen molar-refractivity contribution in [3.8, 4) is 11.3 Å². The smallest absolute Gasteiger partial charge is 0.242 e. The van der Waals surface area contributed by atoms with Gasteiger partial charge in [0.2, 0.25) is 10.0 Å². The maximum atomic E-state index is 12.2. The van der Waals surface area contributed by atoms with Crippen LogP contribution in [-0.4, -0.2) is 31.4 Å². The quantitative estimate of drug-likeness (QED) is 0.648. The predicted octanol–water partition coefficient (Wildman–Crippen LogP) is 4.03. The van der Waals surface area contributed by atoms with E-state index < -0.39 is 10.0 Å². The van der Waals surface area contributed by atoms with Crippen LogP contribution >= 0.6 is 11.3 Å². The van der Waals surface area contributed by atoms with Crippen LogP contribution in [0.5, 0.6) is 0 Å². The minimum Gasteiger partial charge on any atom is -0.317 e. The van der Waals surface area contributed by atoms with Crippen molar-refractivity contribution < 1.29 is 8.42 Å². The molecule has 0 aliphatic carbocycles. The number of thiazole rings is 1. The molecule has 2 aromatic carbocycles.